The van der Waals surface area contributed by atoms with Gasteiger partial charge in [0, 0.05) is 20.6 Å². The van der Waals surface area contributed by atoms with Crippen molar-refractivity contribution in [2.24, 2.45) is 0 Å². The van der Waals surface area contributed by atoms with Crippen LogP contribution >= 0.6 is 0 Å². The number of nitrogens with one attached hydrogen (secondary N) is 2. The third-order valence-corrected chi connectivity index (χ3v) is 3.51. The van der Waals surface area contributed by atoms with Crippen molar-refractivity contribution in [2.75, 3.05) is 21.1 Å². The molecule has 0 atom stereocenters. The Morgan fingerprint density at radius 3 is 2.44 bits per heavy atom. The largest absolute Gasteiger partial charge is 0.316 e. The van der Waals surface area contributed by atoms with Crippen molar-refractivity contribution in [1.29, 1.82) is 0 Å². The summed E-state index contributed by atoms with van der Waals surface area (Å²) in [6.07, 6.45) is 0. The molecule has 0 radical (unpaired) electrons. The van der Waals surface area contributed by atoms with Crippen molar-refractivity contribution in [3.8, 4) is 0 Å². The molecule has 0 spiro atoms. The Labute approximate surface area is 96.5 Å². The number of benzene rings is 1. The molecule has 90 valence electrons. The summed E-state index contributed by atoms with van der Waals surface area (Å²) in [6.45, 7) is 0.518. The SMILES string of the molecule is CNCc1ccccc1S(=O)(=O)NN(C)C. The summed E-state index contributed by atoms with van der Waals surface area (Å²) in [5.74, 6) is 0. The molecule has 0 saturated heterocycles. The summed E-state index contributed by atoms with van der Waals surface area (Å²) in [7, 11) is 1.58. The summed E-state index contributed by atoms with van der Waals surface area (Å²) >= 11 is 0. The van der Waals surface area contributed by atoms with Crippen LogP contribution in [-0.4, -0.2) is 34.6 Å². The van der Waals surface area contributed by atoms with Crippen LogP contribution in [0.25, 0.3) is 0 Å². The molecule has 0 heterocycles. The fourth-order valence-corrected chi connectivity index (χ4v) is 2.71. The minimum Gasteiger partial charge on any atom is -0.316 e. The van der Waals surface area contributed by atoms with Crippen LogP contribution in [0.1, 0.15) is 5.56 Å². The van der Waals surface area contributed by atoms with Crippen molar-refractivity contribution in [1.82, 2.24) is 15.2 Å². The molecule has 1 rings (SSSR count). The van der Waals surface area contributed by atoms with Gasteiger partial charge in [0.15, 0.2) is 0 Å². The molecule has 0 amide bonds. The van der Waals surface area contributed by atoms with E-state index in [4.69, 9.17) is 0 Å². The average Bonchev–Trinajstić information content (AvgIpc) is 2.17. The van der Waals surface area contributed by atoms with Gasteiger partial charge in [-0.15, -0.1) is 4.83 Å². The fraction of sp³-hybridized carbons (Fsp3) is 0.400. The van der Waals surface area contributed by atoms with Gasteiger partial charge in [-0.3, -0.25) is 0 Å². The highest BCUT2D eigenvalue weighted by Crippen LogP contribution is 2.14. The normalized spacial score (nSPS) is 12.0. The molecule has 0 bridgehead atoms. The maximum Gasteiger partial charge on any atom is 0.253 e. The first-order valence-corrected chi connectivity index (χ1v) is 6.38. The third kappa shape index (κ3) is 3.28. The maximum absolute atomic E-state index is 12.0. The standard InChI is InChI=1S/C10H17N3O2S/c1-11-8-9-6-4-5-7-10(9)16(14,15)12-13(2)3/h4-7,11-12H,8H2,1-3H3. The summed E-state index contributed by atoms with van der Waals surface area (Å²) in [5.41, 5.74) is 0.749. The Kier molecular flexibility index (Phi) is 4.43. The van der Waals surface area contributed by atoms with Crippen molar-refractivity contribution in [2.45, 2.75) is 11.4 Å². The molecule has 0 fully saturated rings. The molecule has 1 aromatic carbocycles. The van der Waals surface area contributed by atoms with Crippen LogP contribution in [0.4, 0.5) is 0 Å². The Morgan fingerprint density at radius 1 is 1.25 bits per heavy atom. The minimum atomic E-state index is -3.48. The van der Waals surface area contributed by atoms with E-state index in [-0.39, 0.29) is 0 Å². The van der Waals surface area contributed by atoms with Crippen LogP contribution in [0, 0.1) is 0 Å². The zero-order chi connectivity index (χ0) is 12.2. The second-order valence-electron chi connectivity index (χ2n) is 3.63. The molecule has 0 aliphatic rings. The van der Waals surface area contributed by atoms with E-state index in [9.17, 15) is 8.42 Å². The maximum atomic E-state index is 12.0. The summed E-state index contributed by atoms with van der Waals surface area (Å²) < 4.78 is 23.9. The van der Waals surface area contributed by atoms with Gasteiger partial charge in [-0.05, 0) is 18.7 Å². The van der Waals surface area contributed by atoms with Crippen LogP contribution in [0.2, 0.25) is 0 Å². The highest BCUT2D eigenvalue weighted by Gasteiger charge is 2.17. The summed E-state index contributed by atoms with van der Waals surface area (Å²) in [6, 6.07) is 6.92. The molecule has 0 aliphatic carbocycles. The predicted molar refractivity (Wildman–Crippen MR) is 63.2 cm³/mol. The number of hydrogen-bond donors (Lipinski definition) is 2. The fourth-order valence-electron chi connectivity index (χ4n) is 1.39. The van der Waals surface area contributed by atoms with Crippen molar-refractivity contribution in [3.63, 3.8) is 0 Å². The monoisotopic (exact) mass is 243 g/mol. The third-order valence-electron chi connectivity index (χ3n) is 1.93. The minimum absolute atomic E-state index is 0.304. The molecule has 16 heavy (non-hydrogen) atoms. The van der Waals surface area contributed by atoms with Crippen molar-refractivity contribution < 1.29 is 8.42 Å². The van der Waals surface area contributed by atoms with E-state index in [1.54, 1.807) is 39.3 Å². The van der Waals surface area contributed by atoms with Gasteiger partial charge < -0.3 is 5.32 Å². The van der Waals surface area contributed by atoms with Crippen LogP contribution in [-0.2, 0) is 16.6 Å². The second kappa shape index (κ2) is 5.40. The smallest absolute Gasteiger partial charge is 0.253 e. The zero-order valence-corrected chi connectivity index (χ0v) is 10.5. The number of sulfonamides is 1. The summed E-state index contributed by atoms with van der Waals surface area (Å²) in [4.78, 5) is 2.72. The quantitative estimate of drug-likeness (QED) is 0.723. The molecule has 1 aromatic rings. The Bertz CT molecular complexity index is 443. The van der Waals surface area contributed by atoms with Crippen molar-refractivity contribution >= 4 is 10.0 Å². The van der Waals surface area contributed by atoms with Gasteiger partial charge in [-0.2, -0.15) is 0 Å². The van der Waals surface area contributed by atoms with Crippen LogP contribution in [0.5, 0.6) is 0 Å². The zero-order valence-electron chi connectivity index (χ0n) is 9.69. The number of hydrogen-bond acceptors (Lipinski definition) is 4. The van der Waals surface area contributed by atoms with E-state index >= 15 is 0 Å². The molecule has 6 heteroatoms. The van der Waals surface area contributed by atoms with Crippen molar-refractivity contribution in [3.05, 3.63) is 29.8 Å². The van der Waals surface area contributed by atoms with Gasteiger partial charge in [0.1, 0.15) is 0 Å². The van der Waals surface area contributed by atoms with Gasteiger partial charge in [-0.25, -0.2) is 13.4 Å². The van der Waals surface area contributed by atoms with Gasteiger partial charge >= 0.3 is 0 Å². The average molecular weight is 243 g/mol. The molecule has 0 saturated carbocycles. The molecule has 5 nitrogen and oxygen atoms in total. The Morgan fingerprint density at radius 2 is 1.88 bits per heavy atom. The number of nitrogens with zero attached hydrogens (tertiary/aromatic N) is 1. The Balaban J connectivity index is 3.11. The van der Waals surface area contributed by atoms with Crippen LogP contribution in [0.3, 0.4) is 0 Å². The predicted octanol–water partition coefficient (Wildman–Crippen LogP) is 0.161. The first kappa shape index (κ1) is 13.1. The van der Waals surface area contributed by atoms with Crippen LogP contribution < -0.4 is 10.1 Å². The van der Waals surface area contributed by atoms with E-state index in [0.29, 0.717) is 11.4 Å². The van der Waals surface area contributed by atoms with Gasteiger partial charge in [0.2, 0.25) is 0 Å². The van der Waals surface area contributed by atoms with E-state index in [1.807, 2.05) is 6.07 Å². The molecular weight excluding hydrogens is 226 g/mol. The Hall–Kier alpha value is -0.950. The van der Waals surface area contributed by atoms with Gasteiger partial charge in [0.05, 0.1) is 4.90 Å². The summed E-state index contributed by atoms with van der Waals surface area (Å²) in [5, 5.41) is 4.35. The second-order valence-corrected chi connectivity index (χ2v) is 5.26. The molecule has 0 unspecified atom stereocenters. The number of rotatable bonds is 5. The first-order chi connectivity index (χ1) is 7.47. The number of hydrazine groups is 1. The lowest BCUT2D eigenvalue weighted by Crippen LogP contribution is -2.36. The lowest BCUT2D eigenvalue weighted by atomic mass is 10.2. The first-order valence-electron chi connectivity index (χ1n) is 4.89. The van der Waals surface area contributed by atoms with E-state index < -0.39 is 10.0 Å². The highest BCUT2D eigenvalue weighted by atomic mass is 32.2. The van der Waals surface area contributed by atoms with Crippen LogP contribution in [0.15, 0.2) is 29.2 Å². The van der Waals surface area contributed by atoms with Gasteiger partial charge in [-0.1, -0.05) is 18.2 Å². The molecule has 0 aliphatic heterocycles. The topological polar surface area (TPSA) is 61.4 Å². The molecule has 2 N–H and O–H groups in total. The lowest BCUT2D eigenvalue weighted by Gasteiger charge is -2.15. The molecule has 0 aromatic heterocycles. The van der Waals surface area contributed by atoms with Gasteiger partial charge in [0.25, 0.3) is 10.0 Å². The van der Waals surface area contributed by atoms with E-state index in [1.165, 1.54) is 5.01 Å². The van der Waals surface area contributed by atoms with E-state index in [2.05, 4.69) is 10.1 Å². The molecular formula is C10H17N3O2S. The highest BCUT2D eigenvalue weighted by molar-refractivity contribution is 7.89. The van der Waals surface area contributed by atoms with E-state index in [0.717, 1.165) is 5.56 Å². The lowest BCUT2D eigenvalue weighted by molar-refractivity contribution is 0.363.